The number of halogens is 4. The van der Waals surface area contributed by atoms with Gasteiger partial charge in [0.2, 0.25) is 0 Å². The van der Waals surface area contributed by atoms with E-state index in [2.05, 4.69) is 5.32 Å². The standard InChI is InChI=1S/C18H15F4N2O5P/c1-17(29-30(26)27,10-28-14-6-3-12(19)4-7-14)16(25)24-13-5-2-11(9-23)15(8-13)18(20,21)22/h2-8,30H,10H2,1H3,(H,24,25)(H,26,27). The average Bonchev–Trinajstić information content (AvgIpc) is 2.66. The highest BCUT2D eigenvalue weighted by Gasteiger charge is 2.39. The van der Waals surface area contributed by atoms with Gasteiger partial charge in [0.25, 0.3) is 5.91 Å². The van der Waals surface area contributed by atoms with Crippen molar-refractivity contribution in [1.29, 1.82) is 5.26 Å². The predicted molar refractivity (Wildman–Crippen MR) is 97.4 cm³/mol. The molecule has 2 aromatic carbocycles. The van der Waals surface area contributed by atoms with Crippen LogP contribution in [0.5, 0.6) is 5.75 Å². The van der Waals surface area contributed by atoms with Crippen LogP contribution in [-0.2, 0) is 20.1 Å². The van der Waals surface area contributed by atoms with E-state index < -0.39 is 49.5 Å². The van der Waals surface area contributed by atoms with Gasteiger partial charge in [0.05, 0.1) is 17.2 Å². The molecule has 2 aromatic rings. The summed E-state index contributed by atoms with van der Waals surface area (Å²) >= 11 is 0. The number of nitrogens with zero attached hydrogens (tertiary/aromatic N) is 1. The minimum absolute atomic E-state index is 0.120. The molecule has 2 N–H and O–H groups in total. The number of ether oxygens (including phenoxy) is 1. The molecule has 0 aliphatic rings. The summed E-state index contributed by atoms with van der Waals surface area (Å²) in [6.07, 6.45) is -4.84. The first kappa shape index (κ1) is 23.3. The second-order valence-electron chi connectivity index (χ2n) is 6.17. The summed E-state index contributed by atoms with van der Waals surface area (Å²) in [4.78, 5) is 21.7. The van der Waals surface area contributed by atoms with Crippen molar-refractivity contribution < 1.29 is 41.1 Å². The van der Waals surface area contributed by atoms with Gasteiger partial charge in [0.15, 0.2) is 5.60 Å². The Morgan fingerprint density at radius 1 is 1.23 bits per heavy atom. The molecule has 0 aliphatic carbocycles. The van der Waals surface area contributed by atoms with Crippen molar-refractivity contribution >= 4 is 19.8 Å². The molecule has 0 spiro atoms. The van der Waals surface area contributed by atoms with Gasteiger partial charge in [-0.25, -0.2) is 4.39 Å². The molecule has 2 unspecified atom stereocenters. The second-order valence-corrected chi connectivity index (χ2v) is 6.90. The van der Waals surface area contributed by atoms with Crippen molar-refractivity contribution in [3.8, 4) is 11.8 Å². The number of carbonyl (C=O) groups excluding carboxylic acids is 1. The number of alkyl halides is 3. The van der Waals surface area contributed by atoms with Crippen molar-refractivity contribution in [2.75, 3.05) is 11.9 Å². The fraction of sp³-hybridized carbons (Fsp3) is 0.222. The van der Waals surface area contributed by atoms with Crippen LogP contribution >= 0.6 is 8.25 Å². The summed E-state index contributed by atoms with van der Waals surface area (Å²) in [7, 11) is -3.65. The third kappa shape index (κ3) is 6.03. The van der Waals surface area contributed by atoms with Gasteiger partial charge in [-0.3, -0.25) is 13.9 Å². The lowest BCUT2D eigenvalue weighted by molar-refractivity contribution is -0.138. The van der Waals surface area contributed by atoms with Gasteiger partial charge in [0, 0.05) is 5.69 Å². The third-order valence-corrected chi connectivity index (χ3v) is 4.45. The highest BCUT2D eigenvalue weighted by atomic mass is 31.1. The summed E-state index contributed by atoms with van der Waals surface area (Å²) < 4.78 is 73.5. The quantitative estimate of drug-likeness (QED) is 0.494. The Morgan fingerprint density at radius 3 is 2.40 bits per heavy atom. The zero-order valence-electron chi connectivity index (χ0n) is 15.3. The predicted octanol–water partition coefficient (Wildman–Crippen LogP) is 3.89. The molecular formula is C18H15F4N2O5P. The molecule has 30 heavy (non-hydrogen) atoms. The topological polar surface area (TPSA) is 109 Å². The maximum Gasteiger partial charge on any atom is 0.417 e. The summed E-state index contributed by atoms with van der Waals surface area (Å²) in [5.74, 6) is -1.50. The monoisotopic (exact) mass is 446 g/mol. The van der Waals surface area contributed by atoms with Crippen molar-refractivity contribution in [2.24, 2.45) is 0 Å². The first-order valence-corrected chi connectivity index (χ1v) is 9.44. The van der Waals surface area contributed by atoms with Gasteiger partial charge in [-0.1, -0.05) is 0 Å². The van der Waals surface area contributed by atoms with Crippen molar-refractivity contribution in [2.45, 2.75) is 18.7 Å². The SMILES string of the molecule is CC(COc1ccc(F)cc1)(O[PH](=O)O)C(=O)Nc1ccc(C#N)c(C(F)(F)F)c1. The molecule has 12 heteroatoms. The Balaban J connectivity index is 2.25. The Morgan fingerprint density at radius 2 is 1.87 bits per heavy atom. The normalized spacial score (nSPS) is 14.3. The molecule has 0 heterocycles. The number of anilines is 1. The fourth-order valence-corrected chi connectivity index (χ4v) is 2.84. The van der Waals surface area contributed by atoms with E-state index in [9.17, 15) is 26.9 Å². The molecule has 160 valence electrons. The molecule has 2 rings (SSSR count). The van der Waals surface area contributed by atoms with E-state index in [1.54, 1.807) is 0 Å². The molecule has 0 fully saturated rings. The van der Waals surface area contributed by atoms with E-state index in [1.165, 1.54) is 18.2 Å². The lowest BCUT2D eigenvalue weighted by Gasteiger charge is -2.27. The maximum absolute atomic E-state index is 13.1. The first-order valence-electron chi connectivity index (χ1n) is 8.18. The minimum Gasteiger partial charge on any atom is -0.490 e. The number of nitrogens with one attached hydrogen (secondary N) is 1. The molecule has 2 atom stereocenters. The molecule has 0 aromatic heterocycles. The highest BCUT2D eigenvalue weighted by molar-refractivity contribution is 7.32. The van der Waals surface area contributed by atoms with Crippen LogP contribution in [-0.4, -0.2) is 23.0 Å². The average molecular weight is 446 g/mol. The first-order chi connectivity index (χ1) is 13.9. The van der Waals surface area contributed by atoms with Gasteiger partial charge in [-0.05, 0) is 49.4 Å². The Labute approximate surface area is 168 Å². The fourth-order valence-electron chi connectivity index (χ4n) is 2.30. The number of rotatable bonds is 7. The number of hydrogen-bond acceptors (Lipinski definition) is 5. The Kier molecular flexibility index (Phi) is 7.21. The zero-order chi connectivity index (χ0) is 22.5. The van der Waals surface area contributed by atoms with Crippen molar-refractivity contribution in [1.82, 2.24) is 0 Å². The van der Waals surface area contributed by atoms with Crippen LogP contribution in [0.25, 0.3) is 0 Å². The van der Waals surface area contributed by atoms with Gasteiger partial charge < -0.3 is 14.9 Å². The van der Waals surface area contributed by atoms with Crippen LogP contribution in [0.15, 0.2) is 42.5 Å². The molecular weight excluding hydrogens is 431 g/mol. The van der Waals surface area contributed by atoms with E-state index >= 15 is 0 Å². The van der Waals surface area contributed by atoms with Gasteiger partial charge in [-0.2, -0.15) is 18.4 Å². The summed E-state index contributed by atoms with van der Waals surface area (Å²) in [6.45, 7) is 0.489. The Bertz CT molecular complexity index is 992. The molecule has 0 saturated carbocycles. The zero-order valence-corrected chi connectivity index (χ0v) is 16.3. The summed E-state index contributed by atoms with van der Waals surface area (Å²) in [6, 6.07) is 8.55. The molecule has 7 nitrogen and oxygen atoms in total. The number of benzene rings is 2. The van der Waals surface area contributed by atoms with Crippen LogP contribution < -0.4 is 10.1 Å². The van der Waals surface area contributed by atoms with Crippen molar-refractivity contribution in [3.05, 3.63) is 59.4 Å². The summed E-state index contributed by atoms with van der Waals surface area (Å²) in [5.41, 5.74) is -4.30. The van der Waals surface area contributed by atoms with Crippen LogP contribution in [0.3, 0.4) is 0 Å². The lowest BCUT2D eigenvalue weighted by Crippen LogP contribution is -2.46. The van der Waals surface area contributed by atoms with Gasteiger partial charge >= 0.3 is 14.4 Å². The molecule has 0 bridgehead atoms. The molecule has 0 aliphatic heterocycles. The van der Waals surface area contributed by atoms with Crippen LogP contribution in [0.1, 0.15) is 18.1 Å². The molecule has 1 amide bonds. The van der Waals surface area contributed by atoms with E-state index in [4.69, 9.17) is 19.4 Å². The molecule has 0 saturated heterocycles. The van der Waals surface area contributed by atoms with E-state index in [-0.39, 0.29) is 11.4 Å². The Hall–Kier alpha value is -2.93. The largest absolute Gasteiger partial charge is 0.490 e. The highest BCUT2D eigenvalue weighted by Crippen LogP contribution is 2.34. The van der Waals surface area contributed by atoms with Crippen LogP contribution in [0, 0.1) is 17.1 Å². The van der Waals surface area contributed by atoms with E-state index in [1.807, 2.05) is 0 Å². The van der Waals surface area contributed by atoms with Crippen LogP contribution in [0.2, 0.25) is 0 Å². The maximum atomic E-state index is 13.1. The minimum atomic E-state index is -4.84. The van der Waals surface area contributed by atoms with E-state index in [0.717, 1.165) is 31.2 Å². The third-order valence-electron chi connectivity index (χ3n) is 3.82. The number of nitriles is 1. The van der Waals surface area contributed by atoms with Crippen LogP contribution in [0.4, 0.5) is 23.2 Å². The van der Waals surface area contributed by atoms with Crippen molar-refractivity contribution in [3.63, 3.8) is 0 Å². The lowest BCUT2D eigenvalue weighted by atomic mass is 10.1. The summed E-state index contributed by atoms with van der Waals surface area (Å²) in [5, 5.41) is 11.0. The second kappa shape index (κ2) is 9.26. The van der Waals surface area contributed by atoms with Gasteiger partial charge in [-0.15, -0.1) is 0 Å². The van der Waals surface area contributed by atoms with E-state index in [0.29, 0.717) is 6.07 Å². The molecule has 0 radical (unpaired) electrons. The number of amides is 1. The van der Waals surface area contributed by atoms with Gasteiger partial charge in [0.1, 0.15) is 18.2 Å². The smallest absolute Gasteiger partial charge is 0.417 e. The number of hydrogen-bond donors (Lipinski definition) is 2. The number of carbonyl (C=O) groups is 1.